The molecule has 0 aliphatic rings. The maximum atomic E-state index is 13.1. The third kappa shape index (κ3) is 2.30. The van der Waals surface area contributed by atoms with Crippen LogP contribution < -0.4 is 5.73 Å². The first kappa shape index (κ1) is 12.8. The van der Waals surface area contributed by atoms with E-state index in [0.29, 0.717) is 24.1 Å². The average molecular weight is 223 g/mol. The minimum absolute atomic E-state index is 0.0133. The van der Waals surface area contributed by atoms with E-state index in [1.165, 1.54) is 12.1 Å². The number of aryl methyl sites for hydroxylation is 1. The van der Waals surface area contributed by atoms with Gasteiger partial charge in [0.2, 0.25) is 0 Å². The maximum Gasteiger partial charge on any atom is 0.169 e. The van der Waals surface area contributed by atoms with E-state index < -0.39 is 5.41 Å². The third-order valence-electron chi connectivity index (χ3n) is 3.20. The summed E-state index contributed by atoms with van der Waals surface area (Å²) in [7, 11) is 0. The number of benzene rings is 1. The quantitative estimate of drug-likeness (QED) is 0.797. The van der Waals surface area contributed by atoms with Crippen LogP contribution in [0.15, 0.2) is 18.2 Å². The normalized spacial score (nSPS) is 14.6. The van der Waals surface area contributed by atoms with Crippen LogP contribution in [0.3, 0.4) is 0 Å². The first-order valence-electron chi connectivity index (χ1n) is 5.45. The SMILES string of the molecule is CCC(C)(CN)C(=O)c1ccc(F)c(C)c1. The number of carbonyl (C=O) groups excluding carboxylic acids is 1. The Labute approximate surface area is 95.7 Å². The molecule has 1 rings (SSSR count). The molecule has 2 nitrogen and oxygen atoms in total. The fourth-order valence-corrected chi connectivity index (χ4v) is 1.53. The zero-order chi connectivity index (χ0) is 12.3. The Bertz CT molecular complexity index is 397. The lowest BCUT2D eigenvalue weighted by molar-refractivity contribution is 0.0820. The number of Topliss-reactive ketones (excluding diaryl/α,β-unsaturated/α-hetero) is 1. The molecule has 16 heavy (non-hydrogen) atoms. The summed E-state index contributed by atoms with van der Waals surface area (Å²) in [5.74, 6) is -0.303. The second-order valence-corrected chi connectivity index (χ2v) is 4.41. The summed E-state index contributed by atoms with van der Waals surface area (Å²) >= 11 is 0. The summed E-state index contributed by atoms with van der Waals surface area (Å²) in [4.78, 5) is 12.2. The zero-order valence-corrected chi connectivity index (χ0v) is 10.0. The van der Waals surface area contributed by atoms with E-state index in [1.807, 2.05) is 13.8 Å². The number of ketones is 1. The molecule has 88 valence electrons. The summed E-state index contributed by atoms with van der Waals surface area (Å²) in [5, 5.41) is 0. The first-order chi connectivity index (χ1) is 7.44. The van der Waals surface area contributed by atoms with Gasteiger partial charge < -0.3 is 5.73 Å². The van der Waals surface area contributed by atoms with Crippen LogP contribution in [0.4, 0.5) is 4.39 Å². The number of nitrogens with two attached hydrogens (primary N) is 1. The standard InChI is InChI=1S/C13H18FNO/c1-4-13(3,8-15)12(16)10-5-6-11(14)9(2)7-10/h5-7H,4,8,15H2,1-3H3. The van der Waals surface area contributed by atoms with Crippen molar-refractivity contribution in [1.82, 2.24) is 0 Å². The maximum absolute atomic E-state index is 13.1. The van der Waals surface area contributed by atoms with Crippen LogP contribution in [0.2, 0.25) is 0 Å². The Morgan fingerprint density at radius 2 is 2.12 bits per heavy atom. The van der Waals surface area contributed by atoms with Gasteiger partial charge in [0.25, 0.3) is 0 Å². The second kappa shape index (κ2) is 4.74. The van der Waals surface area contributed by atoms with Gasteiger partial charge in [-0.25, -0.2) is 4.39 Å². The minimum Gasteiger partial charge on any atom is -0.329 e. The van der Waals surface area contributed by atoms with Crippen LogP contribution in [-0.2, 0) is 0 Å². The van der Waals surface area contributed by atoms with Gasteiger partial charge in [-0.2, -0.15) is 0 Å². The van der Waals surface area contributed by atoms with E-state index in [0.717, 1.165) is 0 Å². The Morgan fingerprint density at radius 3 is 2.56 bits per heavy atom. The van der Waals surface area contributed by atoms with Crippen molar-refractivity contribution in [2.45, 2.75) is 27.2 Å². The van der Waals surface area contributed by atoms with Crippen LogP contribution in [0.1, 0.15) is 36.2 Å². The summed E-state index contributed by atoms with van der Waals surface area (Å²) in [6.07, 6.45) is 0.679. The molecule has 0 amide bonds. The van der Waals surface area contributed by atoms with Crippen molar-refractivity contribution in [1.29, 1.82) is 0 Å². The molecular formula is C13H18FNO. The van der Waals surface area contributed by atoms with Gasteiger partial charge in [-0.15, -0.1) is 0 Å². The molecule has 0 aromatic heterocycles. The lowest BCUT2D eigenvalue weighted by atomic mass is 9.80. The molecule has 0 fully saturated rings. The number of rotatable bonds is 4. The molecule has 0 saturated carbocycles. The smallest absolute Gasteiger partial charge is 0.169 e. The molecule has 1 aromatic carbocycles. The lowest BCUT2D eigenvalue weighted by Crippen LogP contribution is -2.35. The average Bonchev–Trinajstić information content (AvgIpc) is 2.30. The van der Waals surface area contributed by atoms with Crippen molar-refractivity contribution in [3.8, 4) is 0 Å². The highest BCUT2D eigenvalue weighted by atomic mass is 19.1. The molecule has 3 heteroatoms. The largest absolute Gasteiger partial charge is 0.329 e. The van der Waals surface area contributed by atoms with Gasteiger partial charge in [0.15, 0.2) is 5.78 Å². The highest BCUT2D eigenvalue weighted by molar-refractivity contribution is 6.00. The van der Waals surface area contributed by atoms with Crippen LogP contribution in [0.5, 0.6) is 0 Å². The molecule has 2 N–H and O–H groups in total. The fourth-order valence-electron chi connectivity index (χ4n) is 1.53. The van der Waals surface area contributed by atoms with Crippen LogP contribution in [-0.4, -0.2) is 12.3 Å². The monoisotopic (exact) mass is 223 g/mol. The van der Waals surface area contributed by atoms with E-state index in [4.69, 9.17) is 5.73 Å². The molecular weight excluding hydrogens is 205 g/mol. The molecule has 1 aromatic rings. The molecule has 0 heterocycles. The van der Waals surface area contributed by atoms with E-state index in [-0.39, 0.29) is 11.6 Å². The third-order valence-corrected chi connectivity index (χ3v) is 3.20. The van der Waals surface area contributed by atoms with Gasteiger partial charge in [0.1, 0.15) is 5.82 Å². The summed E-state index contributed by atoms with van der Waals surface area (Å²) < 4.78 is 13.1. The molecule has 0 spiro atoms. The number of carbonyl (C=O) groups is 1. The highest BCUT2D eigenvalue weighted by Crippen LogP contribution is 2.25. The van der Waals surface area contributed by atoms with Crippen molar-refractivity contribution >= 4 is 5.78 Å². The van der Waals surface area contributed by atoms with E-state index in [9.17, 15) is 9.18 Å². The van der Waals surface area contributed by atoms with Crippen molar-refractivity contribution in [2.75, 3.05) is 6.54 Å². The Hall–Kier alpha value is -1.22. The Kier molecular flexibility index (Phi) is 3.81. The number of halogens is 1. The van der Waals surface area contributed by atoms with Gasteiger partial charge in [-0.1, -0.05) is 13.8 Å². The van der Waals surface area contributed by atoms with Crippen molar-refractivity contribution in [3.05, 3.63) is 35.1 Å². The van der Waals surface area contributed by atoms with Gasteiger partial charge in [0.05, 0.1) is 0 Å². The number of hydrogen-bond acceptors (Lipinski definition) is 2. The van der Waals surface area contributed by atoms with Gasteiger partial charge in [0, 0.05) is 17.5 Å². The van der Waals surface area contributed by atoms with Crippen molar-refractivity contribution in [3.63, 3.8) is 0 Å². The summed E-state index contributed by atoms with van der Waals surface area (Å²) in [5.41, 5.74) is 6.10. The summed E-state index contributed by atoms with van der Waals surface area (Å²) in [6, 6.07) is 4.44. The number of hydrogen-bond donors (Lipinski definition) is 1. The minimum atomic E-state index is -0.551. The Morgan fingerprint density at radius 1 is 1.50 bits per heavy atom. The predicted octanol–water partition coefficient (Wildman–Crippen LogP) is 2.69. The second-order valence-electron chi connectivity index (χ2n) is 4.41. The topological polar surface area (TPSA) is 43.1 Å². The van der Waals surface area contributed by atoms with E-state index in [2.05, 4.69) is 0 Å². The fraction of sp³-hybridized carbons (Fsp3) is 0.462. The van der Waals surface area contributed by atoms with Gasteiger partial charge >= 0.3 is 0 Å². The highest BCUT2D eigenvalue weighted by Gasteiger charge is 2.30. The Balaban J connectivity index is 3.09. The van der Waals surface area contributed by atoms with E-state index >= 15 is 0 Å². The molecule has 0 aliphatic heterocycles. The van der Waals surface area contributed by atoms with Crippen LogP contribution >= 0.6 is 0 Å². The summed E-state index contributed by atoms with van der Waals surface area (Å²) in [6.45, 7) is 5.73. The molecule has 0 radical (unpaired) electrons. The van der Waals surface area contributed by atoms with Gasteiger partial charge in [-0.05, 0) is 37.1 Å². The molecule has 0 bridgehead atoms. The molecule has 0 aliphatic carbocycles. The van der Waals surface area contributed by atoms with Crippen LogP contribution in [0.25, 0.3) is 0 Å². The molecule has 1 unspecified atom stereocenters. The van der Waals surface area contributed by atoms with Gasteiger partial charge in [-0.3, -0.25) is 4.79 Å². The lowest BCUT2D eigenvalue weighted by Gasteiger charge is -2.24. The van der Waals surface area contributed by atoms with Crippen LogP contribution in [0, 0.1) is 18.2 Å². The van der Waals surface area contributed by atoms with Crippen molar-refractivity contribution < 1.29 is 9.18 Å². The first-order valence-corrected chi connectivity index (χ1v) is 5.45. The molecule has 1 atom stereocenters. The van der Waals surface area contributed by atoms with Crippen molar-refractivity contribution in [2.24, 2.45) is 11.1 Å². The molecule has 0 saturated heterocycles. The zero-order valence-electron chi connectivity index (χ0n) is 10.0. The van der Waals surface area contributed by atoms with E-state index in [1.54, 1.807) is 13.0 Å². The predicted molar refractivity (Wildman–Crippen MR) is 62.9 cm³/mol.